The second-order valence-electron chi connectivity index (χ2n) is 2.92. The molecule has 0 aliphatic rings. The lowest BCUT2D eigenvalue weighted by molar-refractivity contribution is -0.207. The van der Waals surface area contributed by atoms with Gasteiger partial charge in [-0.2, -0.15) is 0 Å². The summed E-state index contributed by atoms with van der Waals surface area (Å²) in [5, 5.41) is 27.0. The van der Waals surface area contributed by atoms with E-state index in [1.807, 2.05) is 5.32 Å². The van der Waals surface area contributed by atoms with E-state index in [0.717, 1.165) is 6.20 Å². The topological polar surface area (TPSA) is 133 Å². The Morgan fingerprint density at radius 2 is 1.71 bits per heavy atom. The Morgan fingerprint density at radius 1 is 1.18 bits per heavy atom. The second-order valence-corrected chi connectivity index (χ2v) is 2.92. The van der Waals surface area contributed by atoms with E-state index in [-0.39, 0.29) is 5.57 Å². The number of hydrogen-bond donors (Lipinski definition) is 4. The van der Waals surface area contributed by atoms with E-state index in [4.69, 9.17) is 15.5 Å². The molecular weight excluding hydrogens is 234 g/mol. The van der Waals surface area contributed by atoms with Crippen molar-refractivity contribution in [3.63, 3.8) is 0 Å². The molecule has 0 bridgehead atoms. The van der Waals surface area contributed by atoms with Gasteiger partial charge in [0.05, 0.1) is 6.42 Å². The van der Waals surface area contributed by atoms with E-state index in [9.17, 15) is 14.4 Å². The molecule has 0 heterocycles. The first-order chi connectivity index (χ1) is 7.86. The van der Waals surface area contributed by atoms with Gasteiger partial charge in [0.15, 0.2) is 5.76 Å². The van der Waals surface area contributed by atoms with Gasteiger partial charge in [-0.15, -0.1) is 0 Å². The third-order valence-corrected chi connectivity index (χ3v) is 1.49. The quantitative estimate of drug-likeness (QED) is 0.213. The predicted molar refractivity (Wildman–Crippen MR) is 53.6 cm³/mol. The molecule has 17 heavy (non-hydrogen) atoms. The minimum Gasteiger partial charge on any atom is -0.481 e. The summed E-state index contributed by atoms with van der Waals surface area (Å²) in [6, 6.07) is 0. The molecule has 94 valence electrons. The Labute approximate surface area is 95.7 Å². The van der Waals surface area contributed by atoms with Crippen LogP contribution in [0.2, 0.25) is 0 Å². The fourth-order valence-corrected chi connectivity index (χ4v) is 0.770. The van der Waals surface area contributed by atoms with E-state index in [1.165, 1.54) is 0 Å². The van der Waals surface area contributed by atoms with Gasteiger partial charge in [-0.3, -0.25) is 14.4 Å². The lowest BCUT2D eigenvalue weighted by Crippen LogP contribution is -2.21. The number of carboxylic acids is 2. The molecule has 0 unspecified atom stereocenters. The number of nitrogens with one attached hydrogen (secondary N) is 1. The van der Waals surface area contributed by atoms with Gasteiger partial charge < -0.3 is 20.4 Å². The van der Waals surface area contributed by atoms with Crippen LogP contribution in [-0.2, 0) is 19.3 Å². The van der Waals surface area contributed by atoms with Crippen molar-refractivity contribution in [2.24, 2.45) is 0 Å². The molecule has 8 nitrogen and oxygen atoms in total. The maximum absolute atomic E-state index is 11.2. The van der Waals surface area contributed by atoms with Gasteiger partial charge in [-0.1, -0.05) is 6.58 Å². The average Bonchev–Trinajstić information content (AvgIpc) is 2.22. The molecule has 4 N–H and O–H groups in total. The van der Waals surface area contributed by atoms with Crippen LogP contribution in [0.15, 0.2) is 24.1 Å². The minimum atomic E-state index is -1.27. The highest BCUT2D eigenvalue weighted by Crippen LogP contribution is 2.02. The predicted octanol–water partition coefficient (Wildman–Crippen LogP) is -0.0608. The van der Waals surface area contributed by atoms with Gasteiger partial charge in [0.1, 0.15) is 6.42 Å². The van der Waals surface area contributed by atoms with Crippen LogP contribution in [0.3, 0.4) is 0 Å². The van der Waals surface area contributed by atoms with Crippen molar-refractivity contribution in [2.75, 3.05) is 0 Å². The number of carbonyl (C=O) groups excluding carboxylic acids is 1. The van der Waals surface area contributed by atoms with E-state index >= 15 is 0 Å². The molecule has 0 fully saturated rings. The first-order valence-electron chi connectivity index (χ1n) is 4.29. The Morgan fingerprint density at radius 3 is 2.12 bits per heavy atom. The second kappa shape index (κ2) is 7.01. The van der Waals surface area contributed by atoms with Crippen molar-refractivity contribution in [3.05, 3.63) is 24.1 Å². The molecular formula is C9H11NO7. The monoisotopic (exact) mass is 245 g/mol. The SMILES string of the molecule is C=C(CC(=O)O)C(=O)N/C=C(/CC(=O)O)OO. The zero-order valence-electron chi connectivity index (χ0n) is 8.67. The maximum Gasteiger partial charge on any atom is 0.311 e. The molecule has 0 saturated carbocycles. The van der Waals surface area contributed by atoms with Crippen molar-refractivity contribution in [1.82, 2.24) is 5.32 Å². The van der Waals surface area contributed by atoms with Crippen LogP contribution in [-0.4, -0.2) is 33.3 Å². The van der Waals surface area contributed by atoms with E-state index in [0.29, 0.717) is 0 Å². The van der Waals surface area contributed by atoms with Crippen molar-refractivity contribution < 1.29 is 34.7 Å². The number of carbonyl (C=O) groups is 3. The van der Waals surface area contributed by atoms with Crippen LogP contribution in [0.1, 0.15) is 12.8 Å². The number of aliphatic carboxylic acids is 2. The highest BCUT2D eigenvalue weighted by Gasteiger charge is 2.11. The van der Waals surface area contributed by atoms with Gasteiger partial charge in [0, 0.05) is 11.8 Å². The largest absolute Gasteiger partial charge is 0.481 e. The Kier molecular flexibility index (Phi) is 6.04. The molecule has 0 aromatic carbocycles. The van der Waals surface area contributed by atoms with E-state index in [2.05, 4.69) is 11.5 Å². The van der Waals surface area contributed by atoms with E-state index in [1.54, 1.807) is 0 Å². The van der Waals surface area contributed by atoms with Gasteiger partial charge >= 0.3 is 11.9 Å². The Bertz CT molecular complexity index is 372. The van der Waals surface area contributed by atoms with Gasteiger partial charge in [-0.05, 0) is 0 Å². The highest BCUT2D eigenvalue weighted by atomic mass is 17.1. The fourth-order valence-electron chi connectivity index (χ4n) is 0.770. The summed E-state index contributed by atoms with van der Waals surface area (Å²) >= 11 is 0. The Balaban J connectivity index is 4.37. The molecule has 0 aromatic rings. The molecule has 0 spiro atoms. The molecule has 0 rings (SSSR count). The fraction of sp³-hybridized carbons (Fsp3) is 0.222. The summed E-state index contributed by atoms with van der Waals surface area (Å²) in [6.45, 7) is 3.22. The summed E-state index contributed by atoms with van der Waals surface area (Å²) in [6.07, 6.45) is -0.375. The third kappa shape index (κ3) is 6.68. The van der Waals surface area contributed by atoms with Crippen LogP contribution in [0.5, 0.6) is 0 Å². The van der Waals surface area contributed by atoms with Gasteiger partial charge in [0.2, 0.25) is 0 Å². The third-order valence-electron chi connectivity index (χ3n) is 1.49. The van der Waals surface area contributed by atoms with Crippen LogP contribution < -0.4 is 5.32 Å². The summed E-state index contributed by atoms with van der Waals surface area (Å²) in [4.78, 5) is 35.4. The first-order valence-corrected chi connectivity index (χ1v) is 4.29. The summed E-state index contributed by atoms with van der Waals surface area (Å²) in [5.74, 6) is -3.72. The number of carboxylic acid groups (broad SMARTS) is 2. The molecule has 0 aliphatic carbocycles. The van der Waals surface area contributed by atoms with Crippen LogP contribution >= 0.6 is 0 Å². The molecule has 0 aromatic heterocycles. The number of hydrogen-bond acceptors (Lipinski definition) is 5. The van der Waals surface area contributed by atoms with Crippen LogP contribution in [0.25, 0.3) is 0 Å². The molecule has 0 aliphatic heterocycles. The Hall–Kier alpha value is -2.35. The zero-order chi connectivity index (χ0) is 13.4. The summed E-state index contributed by atoms with van der Waals surface area (Å²) in [5.41, 5.74) is -0.221. The molecule has 8 heteroatoms. The summed E-state index contributed by atoms with van der Waals surface area (Å²) < 4.78 is 0. The zero-order valence-corrected chi connectivity index (χ0v) is 8.67. The van der Waals surface area contributed by atoms with Crippen molar-refractivity contribution >= 4 is 17.8 Å². The maximum atomic E-state index is 11.2. The molecule has 1 amide bonds. The van der Waals surface area contributed by atoms with Crippen LogP contribution in [0, 0.1) is 0 Å². The smallest absolute Gasteiger partial charge is 0.311 e. The minimum absolute atomic E-state index is 0.221. The standard InChI is InChI=1S/C9H11NO7/c1-5(2-7(11)12)9(15)10-4-6(17-16)3-8(13)14/h4,16H,1-3H2,(H,10,15)(H,11,12)(H,13,14)/b6-4-. The van der Waals surface area contributed by atoms with Gasteiger partial charge in [-0.25, -0.2) is 5.26 Å². The van der Waals surface area contributed by atoms with Crippen molar-refractivity contribution in [1.29, 1.82) is 0 Å². The van der Waals surface area contributed by atoms with Gasteiger partial charge in [0.25, 0.3) is 5.91 Å². The molecule has 0 saturated heterocycles. The molecule has 0 radical (unpaired) electrons. The van der Waals surface area contributed by atoms with Crippen molar-refractivity contribution in [2.45, 2.75) is 12.8 Å². The number of rotatable bonds is 7. The van der Waals surface area contributed by atoms with Crippen molar-refractivity contribution in [3.8, 4) is 0 Å². The number of amides is 1. The lowest BCUT2D eigenvalue weighted by atomic mass is 10.2. The lowest BCUT2D eigenvalue weighted by Gasteiger charge is -2.03. The van der Waals surface area contributed by atoms with E-state index < -0.39 is 36.4 Å². The first kappa shape index (κ1) is 14.6. The average molecular weight is 245 g/mol. The highest BCUT2D eigenvalue weighted by molar-refractivity contribution is 5.97. The summed E-state index contributed by atoms with van der Waals surface area (Å²) in [7, 11) is 0. The normalized spacial score (nSPS) is 10.5. The molecule has 0 atom stereocenters. The van der Waals surface area contributed by atoms with Crippen LogP contribution in [0.4, 0.5) is 0 Å².